The van der Waals surface area contributed by atoms with Crippen LogP contribution in [0.4, 0.5) is 13.2 Å². The summed E-state index contributed by atoms with van der Waals surface area (Å²) in [6, 6.07) is 6.25. The molecule has 0 radical (unpaired) electrons. The summed E-state index contributed by atoms with van der Waals surface area (Å²) in [5.41, 5.74) is 0.863. The van der Waals surface area contributed by atoms with Gasteiger partial charge < -0.3 is 10.1 Å². The molecule has 10 heteroatoms. The van der Waals surface area contributed by atoms with Gasteiger partial charge in [0.05, 0.1) is 23.8 Å². The third-order valence-electron chi connectivity index (χ3n) is 4.38. The highest BCUT2D eigenvalue weighted by Gasteiger charge is 2.35. The number of hydrogen-bond acceptors (Lipinski definition) is 4. The van der Waals surface area contributed by atoms with E-state index in [1.807, 2.05) is 4.90 Å². The maximum absolute atomic E-state index is 12.8. The molecule has 1 fully saturated rings. The van der Waals surface area contributed by atoms with Gasteiger partial charge in [-0.15, -0.1) is 0 Å². The Labute approximate surface area is 172 Å². The summed E-state index contributed by atoms with van der Waals surface area (Å²) in [7, 11) is 0. The summed E-state index contributed by atoms with van der Waals surface area (Å²) < 4.78 is 43.8. The van der Waals surface area contributed by atoms with Crippen molar-refractivity contribution in [3.63, 3.8) is 0 Å². The van der Waals surface area contributed by atoms with Crippen LogP contribution in [0.15, 0.2) is 46.0 Å². The minimum Gasteiger partial charge on any atom is -0.379 e. The van der Waals surface area contributed by atoms with Crippen LogP contribution < -0.4 is 5.32 Å². The number of benzene rings is 1. The molecule has 1 atom stereocenters. The minimum atomic E-state index is -4.69. The van der Waals surface area contributed by atoms with Crippen LogP contribution in [0.25, 0.3) is 0 Å². The zero-order valence-electron chi connectivity index (χ0n) is 15.9. The third-order valence-corrected chi connectivity index (χ3v) is 4.71. The summed E-state index contributed by atoms with van der Waals surface area (Å²) in [5, 5.41) is 3.11. The van der Waals surface area contributed by atoms with E-state index >= 15 is 0 Å². The van der Waals surface area contributed by atoms with Gasteiger partial charge in [-0.2, -0.15) is 13.2 Å². The van der Waals surface area contributed by atoms with Crippen molar-refractivity contribution in [3.8, 4) is 0 Å². The minimum absolute atomic E-state index is 0.171. The summed E-state index contributed by atoms with van der Waals surface area (Å²) in [5.74, 6) is -1.69. The molecule has 1 aliphatic rings. The van der Waals surface area contributed by atoms with Gasteiger partial charge in [0, 0.05) is 31.9 Å². The van der Waals surface area contributed by atoms with E-state index in [-0.39, 0.29) is 18.5 Å². The Morgan fingerprint density at radius 3 is 2.62 bits per heavy atom. The lowest BCUT2D eigenvalue weighted by atomic mass is 10.1. The first-order valence-corrected chi connectivity index (χ1v) is 9.24. The number of hydrogen-bond donors (Lipinski definition) is 1. The van der Waals surface area contributed by atoms with Gasteiger partial charge in [0.2, 0.25) is 5.84 Å². The fourth-order valence-corrected chi connectivity index (χ4v) is 3.07. The lowest BCUT2D eigenvalue weighted by Crippen LogP contribution is -2.49. The van der Waals surface area contributed by atoms with Gasteiger partial charge in [-0.3, -0.25) is 9.69 Å². The third kappa shape index (κ3) is 6.66. The molecule has 1 unspecified atom stereocenters. The monoisotopic (exact) mass is 430 g/mol. The molecule has 158 valence electrons. The Kier molecular flexibility index (Phi) is 8.36. The fraction of sp³-hybridized carbons (Fsp3) is 0.421. The van der Waals surface area contributed by atoms with Crippen molar-refractivity contribution in [1.29, 1.82) is 0 Å². The van der Waals surface area contributed by atoms with Crippen molar-refractivity contribution in [2.24, 2.45) is 9.98 Å². The Morgan fingerprint density at radius 2 is 2.03 bits per heavy atom. The molecule has 1 N–H and O–H groups in total. The van der Waals surface area contributed by atoms with Crippen molar-refractivity contribution in [2.75, 3.05) is 32.8 Å². The van der Waals surface area contributed by atoms with Crippen molar-refractivity contribution in [1.82, 2.24) is 10.2 Å². The molecule has 2 rings (SSSR count). The standard InChI is InChI=1S/C19H22ClF3N4O2/c1-13(11-26-18(24-2)19(21,22)23)16(27-7-9-29-10-8-27)12-25-17(28)14-5-3-4-6-15(14)20/h3-6,11,16H,2,7-10,12H2,1H3,(H,25,28)/b13-11+,26-18?. The van der Waals surface area contributed by atoms with Crippen molar-refractivity contribution in [3.05, 3.63) is 46.6 Å². The molecular weight excluding hydrogens is 409 g/mol. The molecule has 0 spiro atoms. The van der Waals surface area contributed by atoms with Crippen LogP contribution in [-0.2, 0) is 4.74 Å². The lowest BCUT2D eigenvalue weighted by molar-refractivity contribution is -0.0596. The van der Waals surface area contributed by atoms with Crippen molar-refractivity contribution in [2.45, 2.75) is 19.1 Å². The van der Waals surface area contributed by atoms with Crippen LogP contribution in [0.5, 0.6) is 0 Å². The highest BCUT2D eigenvalue weighted by atomic mass is 35.5. The molecule has 0 bridgehead atoms. The Hall–Kier alpha value is -2.23. The first-order chi connectivity index (χ1) is 13.7. The number of carbonyl (C=O) groups is 1. The van der Waals surface area contributed by atoms with E-state index in [0.29, 0.717) is 42.5 Å². The smallest absolute Gasteiger partial charge is 0.379 e. The van der Waals surface area contributed by atoms with E-state index < -0.39 is 12.0 Å². The number of nitrogens with zero attached hydrogens (tertiary/aromatic N) is 3. The number of morpholine rings is 1. The Bertz CT molecular complexity index is 790. The normalized spacial score (nSPS) is 17.7. The molecule has 1 heterocycles. The zero-order chi connectivity index (χ0) is 21.4. The van der Waals surface area contributed by atoms with Gasteiger partial charge >= 0.3 is 6.18 Å². The molecular formula is C19H22ClF3N4O2. The summed E-state index contributed by atoms with van der Waals surface area (Å²) in [4.78, 5) is 20.9. The van der Waals surface area contributed by atoms with Gasteiger partial charge in [-0.05, 0) is 31.3 Å². The average Bonchev–Trinajstić information content (AvgIpc) is 2.68. The number of carbonyl (C=O) groups excluding carboxylic acids is 1. The Balaban J connectivity index is 2.19. The van der Waals surface area contributed by atoms with E-state index in [1.54, 1.807) is 31.2 Å². The SMILES string of the molecule is C=NC(=N/C=C(\C)C(CNC(=O)c1ccccc1Cl)N1CCOCC1)C(F)(F)F. The van der Waals surface area contributed by atoms with Gasteiger partial charge in [0.25, 0.3) is 5.91 Å². The number of amides is 1. The second-order valence-corrected chi connectivity index (χ2v) is 6.74. The maximum atomic E-state index is 12.8. The van der Waals surface area contributed by atoms with Gasteiger partial charge in [0.1, 0.15) is 0 Å². The van der Waals surface area contributed by atoms with Gasteiger partial charge in [-0.1, -0.05) is 23.7 Å². The van der Waals surface area contributed by atoms with Gasteiger partial charge in [0.15, 0.2) is 0 Å². The number of halogens is 4. The van der Waals surface area contributed by atoms with Crippen LogP contribution in [0, 0.1) is 0 Å². The maximum Gasteiger partial charge on any atom is 0.451 e. The average molecular weight is 431 g/mol. The van der Waals surface area contributed by atoms with Crippen LogP contribution in [0.2, 0.25) is 5.02 Å². The second kappa shape index (κ2) is 10.5. The quantitative estimate of drug-likeness (QED) is 0.556. The van der Waals surface area contributed by atoms with E-state index in [4.69, 9.17) is 16.3 Å². The topological polar surface area (TPSA) is 66.3 Å². The molecule has 1 aliphatic heterocycles. The van der Waals surface area contributed by atoms with Crippen LogP contribution in [0.1, 0.15) is 17.3 Å². The molecule has 1 aromatic rings. The fourth-order valence-electron chi connectivity index (χ4n) is 2.85. The number of aliphatic imine (C=N–C) groups is 2. The predicted molar refractivity (Wildman–Crippen MR) is 107 cm³/mol. The second-order valence-electron chi connectivity index (χ2n) is 6.34. The molecule has 6 nitrogen and oxygen atoms in total. The zero-order valence-corrected chi connectivity index (χ0v) is 16.6. The number of nitrogens with one attached hydrogen (secondary N) is 1. The first-order valence-electron chi connectivity index (χ1n) is 8.87. The molecule has 0 saturated carbocycles. The molecule has 0 aromatic heterocycles. The molecule has 29 heavy (non-hydrogen) atoms. The highest BCUT2D eigenvalue weighted by Crippen LogP contribution is 2.20. The van der Waals surface area contributed by atoms with Crippen LogP contribution in [0.3, 0.4) is 0 Å². The van der Waals surface area contributed by atoms with Crippen LogP contribution >= 0.6 is 11.6 Å². The number of ether oxygens (including phenoxy) is 1. The van der Waals surface area contributed by atoms with E-state index in [2.05, 4.69) is 22.0 Å². The van der Waals surface area contributed by atoms with E-state index in [9.17, 15) is 18.0 Å². The van der Waals surface area contributed by atoms with E-state index in [0.717, 1.165) is 6.20 Å². The largest absolute Gasteiger partial charge is 0.451 e. The highest BCUT2D eigenvalue weighted by molar-refractivity contribution is 6.33. The summed E-state index contributed by atoms with van der Waals surface area (Å²) >= 11 is 6.05. The number of rotatable bonds is 6. The number of alkyl halides is 3. The summed E-state index contributed by atoms with van der Waals surface area (Å²) in [6.45, 7) is 6.88. The van der Waals surface area contributed by atoms with Crippen molar-refractivity contribution >= 4 is 30.1 Å². The first kappa shape index (κ1) is 23.1. The Morgan fingerprint density at radius 1 is 1.38 bits per heavy atom. The number of amidine groups is 1. The molecule has 1 saturated heterocycles. The molecule has 1 aromatic carbocycles. The predicted octanol–water partition coefficient (Wildman–Crippen LogP) is 3.34. The van der Waals surface area contributed by atoms with Gasteiger partial charge in [-0.25, -0.2) is 9.98 Å². The lowest BCUT2D eigenvalue weighted by Gasteiger charge is -2.35. The molecule has 0 aliphatic carbocycles. The molecule has 1 amide bonds. The van der Waals surface area contributed by atoms with Crippen LogP contribution in [-0.4, -0.2) is 68.4 Å². The summed E-state index contributed by atoms with van der Waals surface area (Å²) in [6.07, 6.45) is -3.58. The van der Waals surface area contributed by atoms with E-state index in [1.165, 1.54) is 0 Å². The van der Waals surface area contributed by atoms with Crippen molar-refractivity contribution < 1.29 is 22.7 Å².